The molecule has 2 aromatic heterocycles. The van der Waals surface area contributed by atoms with Crippen LogP contribution in [0.3, 0.4) is 0 Å². The monoisotopic (exact) mass is 522 g/mol. The molecule has 5 rings (SSSR count). The molecule has 3 aromatic rings. The number of anilines is 3. The number of ether oxygens (including phenoxy) is 1. The Morgan fingerprint density at radius 1 is 1.15 bits per heavy atom. The van der Waals surface area contributed by atoms with Gasteiger partial charge in [-0.3, -0.25) is 14.5 Å². The summed E-state index contributed by atoms with van der Waals surface area (Å²) in [5.74, 6) is 0.395. The number of carbonyl (C=O) groups excluding carboxylic acids is 2. The van der Waals surface area contributed by atoms with Crippen molar-refractivity contribution in [3.8, 4) is 17.2 Å². The van der Waals surface area contributed by atoms with Crippen LogP contribution in [0.5, 0.6) is 5.75 Å². The lowest BCUT2D eigenvalue weighted by Crippen LogP contribution is -2.50. The number of amides is 2. The van der Waals surface area contributed by atoms with Crippen LogP contribution in [-0.2, 0) is 11.3 Å². The maximum absolute atomic E-state index is 12.9. The summed E-state index contributed by atoms with van der Waals surface area (Å²) in [6.07, 6.45) is 3.95. The summed E-state index contributed by atoms with van der Waals surface area (Å²) in [5, 5.41) is 18.2. The Morgan fingerprint density at radius 3 is 2.62 bits per heavy atom. The first-order chi connectivity index (χ1) is 18.7. The molecule has 3 heterocycles. The molecule has 0 spiro atoms. The lowest BCUT2D eigenvalue weighted by Gasteiger charge is -2.23. The van der Waals surface area contributed by atoms with Crippen molar-refractivity contribution < 1.29 is 18.8 Å². The van der Waals surface area contributed by atoms with Gasteiger partial charge in [0.25, 0.3) is 11.8 Å². The van der Waals surface area contributed by atoms with Crippen LogP contribution in [0.4, 0.5) is 17.2 Å². The molecule has 0 atom stereocenters. The van der Waals surface area contributed by atoms with Crippen LogP contribution in [0, 0.1) is 5.92 Å². The van der Waals surface area contributed by atoms with Crippen molar-refractivity contribution >= 4 is 52.5 Å². The van der Waals surface area contributed by atoms with E-state index < -0.39 is 11.1 Å². The SMILES string of the molecule is [B]C([B])([B])NC(=O)c1nnc(NC(=O)C2CC2)cc1Nc1cccc(-c2nc(CN3CCCC3)no2)c1OC. The largest absolute Gasteiger partial charge is 0.494 e. The highest BCUT2D eigenvalue weighted by Gasteiger charge is 2.30. The fourth-order valence-electron chi connectivity index (χ4n) is 4.28. The molecule has 6 radical (unpaired) electrons. The van der Waals surface area contributed by atoms with E-state index >= 15 is 0 Å². The van der Waals surface area contributed by atoms with Crippen LogP contribution in [0.1, 0.15) is 42.0 Å². The Hall–Kier alpha value is -3.87. The van der Waals surface area contributed by atoms with E-state index in [1.807, 2.05) is 0 Å². The summed E-state index contributed by atoms with van der Waals surface area (Å²) in [5.41, 5.74) is 1.02. The summed E-state index contributed by atoms with van der Waals surface area (Å²) >= 11 is 0. The minimum Gasteiger partial charge on any atom is -0.494 e. The number of hydrogen-bond donors (Lipinski definition) is 3. The smallest absolute Gasteiger partial charge is 0.272 e. The van der Waals surface area contributed by atoms with Crippen LogP contribution in [0.25, 0.3) is 11.5 Å². The molecule has 39 heavy (non-hydrogen) atoms. The lowest BCUT2D eigenvalue weighted by molar-refractivity contribution is -0.117. The first-order valence-electron chi connectivity index (χ1n) is 12.6. The van der Waals surface area contributed by atoms with Crippen molar-refractivity contribution in [3.05, 3.63) is 35.8 Å². The van der Waals surface area contributed by atoms with E-state index in [1.54, 1.807) is 18.2 Å². The normalized spacial score (nSPS) is 15.6. The van der Waals surface area contributed by atoms with E-state index in [9.17, 15) is 9.59 Å². The van der Waals surface area contributed by atoms with Crippen molar-refractivity contribution in [1.29, 1.82) is 0 Å². The fraction of sp³-hybridized carbons (Fsp3) is 0.417. The van der Waals surface area contributed by atoms with Crippen molar-refractivity contribution in [1.82, 2.24) is 30.6 Å². The number of rotatable bonds is 10. The van der Waals surface area contributed by atoms with E-state index in [0.717, 1.165) is 38.8 Å². The molecule has 1 aromatic carbocycles. The molecule has 1 aliphatic heterocycles. The number of methoxy groups -OCH3 is 1. The number of carbonyl (C=O) groups is 2. The topological polar surface area (TPSA) is 147 Å². The van der Waals surface area contributed by atoms with Crippen molar-refractivity contribution in [2.75, 3.05) is 30.8 Å². The van der Waals surface area contributed by atoms with Crippen LogP contribution in [-0.4, -0.2) is 86.0 Å². The Balaban J connectivity index is 1.45. The van der Waals surface area contributed by atoms with Gasteiger partial charge in [0, 0.05) is 12.0 Å². The number of benzene rings is 1. The van der Waals surface area contributed by atoms with Gasteiger partial charge in [-0.25, -0.2) is 0 Å². The second kappa shape index (κ2) is 11.1. The predicted molar refractivity (Wildman–Crippen MR) is 145 cm³/mol. The molecule has 1 aliphatic carbocycles. The first kappa shape index (κ1) is 26.7. The summed E-state index contributed by atoms with van der Waals surface area (Å²) in [4.78, 5) is 32.0. The highest BCUT2D eigenvalue weighted by atomic mass is 16.5. The predicted octanol–water partition coefficient (Wildman–Crippen LogP) is 1.07. The Kier molecular flexibility index (Phi) is 7.60. The molecule has 0 unspecified atom stereocenters. The zero-order valence-corrected chi connectivity index (χ0v) is 21.4. The average Bonchev–Trinajstić information content (AvgIpc) is 3.43. The average molecular weight is 522 g/mol. The van der Waals surface area contributed by atoms with E-state index in [0.29, 0.717) is 29.4 Å². The number of likely N-dealkylation sites (tertiary alicyclic amines) is 1. The molecule has 2 amide bonds. The molecule has 12 nitrogen and oxygen atoms in total. The number of nitrogens with zero attached hydrogens (tertiary/aromatic N) is 5. The molecular weight excluding hydrogens is 497 g/mol. The van der Waals surface area contributed by atoms with Crippen LogP contribution in [0.2, 0.25) is 0 Å². The Morgan fingerprint density at radius 2 is 1.92 bits per heavy atom. The van der Waals surface area contributed by atoms with Gasteiger partial charge in [0.1, 0.15) is 0 Å². The van der Waals surface area contributed by atoms with Gasteiger partial charge < -0.3 is 25.2 Å². The van der Waals surface area contributed by atoms with Gasteiger partial charge in [0.2, 0.25) is 5.91 Å². The van der Waals surface area contributed by atoms with Crippen LogP contribution >= 0.6 is 0 Å². The molecule has 2 fully saturated rings. The molecular formula is C24H25B3N8O4. The highest BCUT2D eigenvalue weighted by molar-refractivity contribution is 6.60. The molecule has 2 aliphatic rings. The van der Waals surface area contributed by atoms with E-state index in [-0.39, 0.29) is 34.9 Å². The molecule has 15 heteroatoms. The van der Waals surface area contributed by atoms with Gasteiger partial charge in [-0.05, 0) is 50.9 Å². The van der Waals surface area contributed by atoms with Crippen molar-refractivity contribution in [3.63, 3.8) is 0 Å². The van der Waals surface area contributed by atoms with Gasteiger partial charge in [0.05, 0.1) is 54.1 Å². The Labute approximate surface area is 229 Å². The molecule has 1 saturated heterocycles. The third-order valence-corrected chi connectivity index (χ3v) is 6.29. The second-order valence-electron chi connectivity index (χ2n) is 9.65. The van der Waals surface area contributed by atoms with Gasteiger partial charge >= 0.3 is 0 Å². The molecule has 194 valence electrons. The van der Waals surface area contributed by atoms with Gasteiger partial charge in [0.15, 0.2) is 23.1 Å². The number of para-hydroxylation sites is 1. The minimum atomic E-state index is -1.99. The van der Waals surface area contributed by atoms with Gasteiger partial charge in [-0.1, -0.05) is 16.5 Å². The molecule has 0 bridgehead atoms. The van der Waals surface area contributed by atoms with E-state index in [4.69, 9.17) is 32.8 Å². The van der Waals surface area contributed by atoms with Crippen molar-refractivity contribution in [2.45, 2.75) is 37.5 Å². The standard InChI is InChI=1S/C24H25B3N8O4/c1-38-20-14(23-30-18(34-39-23)12-35-9-2-3-10-35)5-4-6-15(20)28-16-11-17(29-21(36)13-7-8-13)32-33-19(16)22(37)31-24(25,26)27/h4-6,11,13H,2-3,7-10,12H2,1H3,(H,31,37)(H2,28,29,32,36). The van der Waals surface area contributed by atoms with E-state index in [2.05, 4.69) is 41.2 Å². The minimum absolute atomic E-state index is 0.0555. The summed E-state index contributed by atoms with van der Waals surface area (Å²) in [6, 6.07) is 6.75. The number of aromatic nitrogens is 4. The zero-order chi connectivity index (χ0) is 27.6. The maximum Gasteiger partial charge on any atom is 0.272 e. The zero-order valence-electron chi connectivity index (χ0n) is 21.4. The summed E-state index contributed by atoms with van der Waals surface area (Å²) in [7, 11) is 18.1. The highest BCUT2D eigenvalue weighted by Crippen LogP contribution is 2.38. The number of nitrogens with one attached hydrogen (secondary N) is 3. The third-order valence-electron chi connectivity index (χ3n) is 6.29. The quantitative estimate of drug-likeness (QED) is 0.331. The second-order valence-corrected chi connectivity index (χ2v) is 9.65. The first-order valence-corrected chi connectivity index (χ1v) is 12.6. The number of hydrogen-bond acceptors (Lipinski definition) is 10. The van der Waals surface area contributed by atoms with Gasteiger partial charge in [-0.2, -0.15) is 4.98 Å². The third kappa shape index (κ3) is 6.59. The maximum atomic E-state index is 12.9. The van der Waals surface area contributed by atoms with Crippen LogP contribution < -0.4 is 20.7 Å². The molecule has 3 N–H and O–H groups in total. The summed E-state index contributed by atoms with van der Waals surface area (Å²) < 4.78 is 11.2. The van der Waals surface area contributed by atoms with E-state index in [1.165, 1.54) is 13.2 Å². The molecule has 1 saturated carbocycles. The Bertz CT molecular complexity index is 1370. The lowest BCUT2D eigenvalue weighted by atomic mass is 9.49. The van der Waals surface area contributed by atoms with Crippen molar-refractivity contribution in [2.24, 2.45) is 5.92 Å². The summed E-state index contributed by atoms with van der Waals surface area (Å²) in [6.45, 7) is 2.61. The van der Waals surface area contributed by atoms with Gasteiger partial charge in [-0.15, -0.1) is 10.2 Å². The fourth-order valence-corrected chi connectivity index (χ4v) is 4.28. The van der Waals surface area contributed by atoms with Crippen LogP contribution in [0.15, 0.2) is 28.8 Å².